The summed E-state index contributed by atoms with van der Waals surface area (Å²) in [7, 11) is 0. The van der Waals surface area contributed by atoms with Crippen LogP contribution in [0.25, 0.3) is 10.9 Å². The summed E-state index contributed by atoms with van der Waals surface area (Å²) in [5.41, 5.74) is 1.07. The summed E-state index contributed by atoms with van der Waals surface area (Å²) in [6.45, 7) is 2.32. The van der Waals surface area contributed by atoms with Crippen molar-refractivity contribution in [1.82, 2.24) is 10.3 Å². The van der Waals surface area contributed by atoms with Crippen molar-refractivity contribution >= 4 is 16.8 Å². The van der Waals surface area contributed by atoms with E-state index in [0.717, 1.165) is 44.0 Å². The van der Waals surface area contributed by atoms with Gasteiger partial charge in [0.25, 0.3) is 0 Å². The molecule has 3 unspecified atom stereocenters. The molecule has 1 amide bonds. The highest BCUT2D eigenvalue weighted by atomic mass is 19.1. The molecule has 5 fully saturated rings. The van der Waals surface area contributed by atoms with Crippen LogP contribution in [-0.4, -0.2) is 34.2 Å². The minimum absolute atomic E-state index is 0.0217. The maximum absolute atomic E-state index is 13.7. The lowest BCUT2D eigenvalue weighted by Gasteiger charge is -2.71. The summed E-state index contributed by atoms with van der Waals surface area (Å²) in [5, 5.41) is 13.2. The Morgan fingerprint density at radius 1 is 1.29 bits per heavy atom. The largest absolute Gasteiger partial charge is 0.490 e. The van der Waals surface area contributed by atoms with E-state index in [2.05, 4.69) is 17.2 Å². The summed E-state index contributed by atoms with van der Waals surface area (Å²) in [6.07, 6.45) is 7.70. The SMILES string of the molecule is CC(C(=O)NC12CC(CCO)(C1)C2)C1[C@H]2CC(Oc3ccnc4ccc(F)cc34)C[C@@H]12. The third-order valence-electron chi connectivity index (χ3n) is 8.59. The second-order valence-corrected chi connectivity index (χ2v) is 10.6. The van der Waals surface area contributed by atoms with E-state index in [0.29, 0.717) is 34.3 Å². The predicted octanol–water partition coefficient (Wildman–Crippen LogP) is 3.83. The lowest BCUT2D eigenvalue weighted by molar-refractivity contribution is -0.173. The minimum Gasteiger partial charge on any atom is -0.490 e. The number of halogens is 1. The first-order valence-electron chi connectivity index (χ1n) is 11.5. The summed E-state index contributed by atoms with van der Waals surface area (Å²) in [6, 6.07) is 6.39. The van der Waals surface area contributed by atoms with Crippen LogP contribution in [0.5, 0.6) is 5.75 Å². The molecule has 0 spiro atoms. The Balaban J connectivity index is 1.04. The van der Waals surface area contributed by atoms with Crippen molar-refractivity contribution in [2.24, 2.45) is 29.1 Å². The van der Waals surface area contributed by atoms with Gasteiger partial charge in [0.15, 0.2) is 0 Å². The molecule has 5 nitrogen and oxygen atoms in total. The van der Waals surface area contributed by atoms with Gasteiger partial charge < -0.3 is 15.2 Å². The Kier molecular flexibility index (Phi) is 4.17. The van der Waals surface area contributed by atoms with Gasteiger partial charge in [-0.15, -0.1) is 0 Å². The number of amides is 1. The molecule has 2 N–H and O–H groups in total. The number of fused-ring (bicyclic) bond motifs is 2. The number of nitrogens with one attached hydrogen (secondary N) is 1. The molecular weight excluding hydrogens is 395 g/mol. The smallest absolute Gasteiger partial charge is 0.223 e. The molecule has 0 saturated heterocycles. The zero-order chi connectivity index (χ0) is 21.4. The quantitative estimate of drug-likeness (QED) is 0.709. The molecule has 5 aliphatic carbocycles. The van der Waals surface area contributed by atoms with Gasteiger partial charge in [-0.1, -0.05) is 6.92 Å². The first kappa shape index (κ1) is 19.5. The summed E-state index contributed by atoms with van der Waals surface area (Å²) >= 11 is 0. The van der Waals surface area contributed by atoms with E-state index >= 15 is 0 Å². The molecular formula is C25H29FN2O3. The molecule has 7 rings (SSSR count). The van der Waals surface area contributed by atoms with Crippen molar-refractivity contribution < 1.29 is 19.0 Å². The van der Waals surface area contributed by atoms with Crippen LogP contribution in [0, 0.1) is 34.9 Å². The van der Waals surface area contributed by atoms with E-state index in [4.69, 9.17) is 4.74 Å². The molecule has 31 heavy (non-hydrogen) atoms. The van der Waals surface area contributed by atoms with Crippen LogP contribution in [0.1, 0.15) is 45.4 Å². The number of carbonyl (C=O) groups excluding carboxylic acids is 1. The number of hydrogen-bond donors (Lipinski definition) is 2. The highest BCUT2D eigenvalue weighted by Gasteiger charge is 2.68. The Hall–Kier alpha value is -2.21. The third-order valence-corrected chi connectivity index (χ3v) is 8.59. The van der Waals surface area contributed by atoms with Crippen LogP contribution in [0.3, 0.4) is 0 Å². The number of aromatic nitrogens is 1. The van der Waals surface area contributed by atoms with E-state index in [1.54, 1.807) is 12.3 Å². The maximum Gasteiger partial charge on any atom is 0.223 e. The van der Waals surface area contributed by atoms with Crippen molar-refractivity contribution in [3.05, 3.63) is 36.3 Å². The minimum atomic E-state index is -0.287. The van der Waals surface area contributed by atoms with Gasteiger partial charge in [0.2, 0.25) is 5.91 Å². The van der Waals surface area contributed by atoms with Crippen LogP contribution >= 0.6 is 0 Å². The zero-order valence-corrected chi connectivity index (χ0v) is 17.8. The van der Waals surface area contributed by atoms with Crippen LogP contribution in [-0.2, 0) is 4.79 Å². The molecule has 5 aliphatic rings. The van der Waals surface area contributed by atoms with Crippen LogP contribution in [0.4, 0.5) is 4.39 Å². The molecule has 0 radical (unpaired) electrons. The van der Waals surface area contributed by atoms with Gasteiger partial charge in [-0.25, -0.2) is 4.39 Å². The fourth-order valence-corrected chi connectivity index (χ4v) is 7.24. The van der Waals surface area contributed by atoms with Gasteiger partial charge in [-0.2, -0.15) is 0 Å². The van der Waals surface area contributed by atoms with Gasteiger partial charge in [0.05, 0.1) is 11.6 Å². The number of carbonyl (C=O) groups is 1. The highest BCUT2D eigenvalue weighted by Crippen LogP contribution is 2.69. The van der Waals surface area contributed by atoms with E-state index in [1.807, 2.05) is 6.07 Å². The van der Waals surface area contributed by atoms with Crippen molar-refractivity contribution in [2.75, 3.05) is 6.61 Å². The van der Waals surface area contributed by atoms with Crippen molar-refractivity contribution in [1.29, 1.82) is 0 Å². The van der Waals surface area contributed by atoms with E-state index in [-0.39, 0.29) is 35.9 Å². The van der Waals surface area contributed by atoms with Gasteiger partial charge in [0, 0.05) is 29.6 Å². The summed E-state index contributed by atoms with van der Waals surface area (Å²) in [4.78, 5) is 17.2. The maximum atomic E-state index is 13.7. The second-order valence-electron chi connectivity index (χ2n) is 10.6. The molecule has 5 saturated carbocycles. The highest BCUT2D eigenvalue weighted by molar-refractivity contribution is 5.84. The van der Waals surface area contributed by atoms with E-state index in [9.17, 15) is 14.3 Å². The van der Waals surface area contributed by atoms with Gasteiger partial charge in [0.1, 0.15) is 11.6 Å². The summed E-state index contributed by atoms with van der Waals surface area (Å²) in [5.74, 6) is 2.18. The fraction of sp³-hybridized carbons (Fsp3) is 0.600. The first-order chi connectivity index (χ1) is 14.9. The number of nitrogens with zero attached hydrogens (tertiary/aromatic N) is 1. The number of ether oxygens (including phenoxy) is 1. The molecule has 2 bridgehead atoms. The molecule has 164 valence electrons. The van der Waals surface area contributed by atoms with Gasteiger partial charge >= 0.3 is 0 Å². The Morgan fingerprint density at radius 3 is 2.74 bits per heavy atom. The molecule has 6 heteroatoms. The van der Waals surface area contributed by atoms with E-state index < -0.39 is 0 Å². The molecule has 5 atom stereocenters. The van der Waals surface area contributed by atoms with Crippen molar-refractivity contribution in [2.45, 2.75) is 57.1 Å². The molecule has 1 heterocycles. The number of hydrogen-bond acceptors (Lipinski definition) is 4. The van der Waals surface area contributed by atoms with Crippen molar-refractivity contribution in [3.8, 4) is 5.75 Å². The van der Waals surface area contributed by atoms with Crippen LogP contribution in [0.2, 0.25) is 0 Å². The number of rotatable bonds is 7. The first-order valence-corrected chi connectivity index (χ1v) is 11.5. The second kappa shape index (κ2) is 6.64. The number of aliphatic hydroxyl groups is 1. The molecule has 1 aromatic carbocycles. The topological polar surface area (TPSA) is 71.5 Å². The Bertz CT molecular complexity index is 1020. The van der Waals surface area contributed by atoms with Gasteiger partial charge in [-0.3, -0.25) is 9.78 Å². The Labute approximate surface area is 181 Å². The predicted molar refractivity (Wildman–Crippen MR) is 114 cm³/mol. The fourth-order valence-electron chi connectivity index (χ4n) is 7.24. The average molecular weight is 425 g/mol. The molecule has 2 aromatic rings. The number of pyridine rings is 1. The molecule has 1 aromatic heterocycles. The Morgan fingerprint density at radius 2 is 2.03 bits per heavy atom. The third kappa shape index (κ3) is 3.05. The normalized spacial score (nSPS) is 38.0. The van der Waals surface area contributed by atoms with Crippen molar-refractivity contribution in [3.63, 3.8) is 0 Å². The van der Waals surface area contributed by atoms with E-state index in [1.165, 1.54) is 12.1 Å². The average Bonchev–Trinajstić information content (AvgIpc) is 3.19. The van der Waals surface area contributed by atoms with Crippen LogP contribution < -0.4 is 10.1 Å². The monoisotopic (exact) mass is 424 g/mol. The standard InChI is InChI=1S/C25H29FN2O3/c1-14(23(30)28-25-11-24(12-25,13-25)5-7-29)22-17-9-16(10-18(17)22)31-21-4-6-27-20-3-2-15(26)8-19(20)21/h2-4,6,8,14,16-18,22,29H,5,7,9-13H2,1H3,(H,28,30)/t14?,16?,17-,18+,22?,24?,25?. The lowest BCUT2D eigenvalue weighted by atomic mass is 9.38. The molecule has 0 aliphatic heterocycles. The van der Waals surface area contributed by atoms with Gasteiger partial charge in [-0.05, 0) is 86.0 Å². The number of benzene rings is 1. The zero-order valence-electron chi connectivity index (χ0n) is 17.8. The van der Waals surface area contributed by atoms with Crippen LogP contribution in [0.15, 0.2) is 30.5 Å². The summed E-state index contributed by atoms with van der Waals surface area (Å²) < 4.78 is 19.9. The number of aliphatic hydroxyl groups excluding tert-OH is 1. The lowest BCUT2D eigenvalue weighted by Crippen LogP contribution is -2.75.